The van der Waals surface area contributed by atoms with Gasteiger partial charge in [0.25, 0.3) is 11.4 Å². The van der Waals surface area contributed by atoms with Crippen LogP contribution in [0.5, 0.6) is 0 Å². The van der Waals surface area contributed by atoms with Crippen molar-refractivity contribution in [2.45, 2.75) is 6.42 Å². The molecule has 0 spiro atoms. The second-order valence-electron chi connectivity index (χ2n) is 3.85. The van der Waals surface area contributed by atoms with Crippen LogP contribution in [-0.2, 0) is 6.42 Å². The van der Waals surface area contributed by atoms with Gasteiger partial charge in [0.15, 0.2) is 0 Å². The van der Waals surface area contributed by atoms with E-state index in [0.717, 1.165) is 18.2 Å². The van der Waals surface area contributed by atoms with Gasteiger partial charge in [-0.15, -0.1) is 5.10 Å². The molecule has 0 aliphatic heterocycles. The van der Waals surface area contributed by atoms with Crippen LogP contribution in [0.3, 0.4) is 0 Å². The Morgan fingerprint density at radius 1 is 1.15 bits per heavy atom. The summed E-state index contributed by atoms with van der Waals surface area (Å²) in [5.41, 5.74) is -0.189. The summed E-state index contributed by atoms with van der Waals surface area (Å²) in [7, 11) is 0. The monoisotopic (exact) mass is 279 g/mol. The molecule has 0 amide bonds. The standard InChI is InChI=1S/C10H9N5O5/c16-2-1-7-6-13(12-11-7)8-3-9(14(17)18)5-10(4-8)15(19)20/h3-6,16H,1-2H2. The second-order valence-corrected chi connectivity index (χ2v) is 3.85. The second kappa shape index (κ2) is 5.40. The van der Waals surface area contributed by atoms with Crippen LogP contribution in [-0.4, -0.2) is 36.6 Å². The molecule has 20 heavy (non-hydrogen) atoms. The van der Waals surface area contributed by atoms with Gasteiger partial charge in [0.2, 0.25) is 0 Å². The Bertz CT molecular complexity index is 636. The molecule has 10 heteroatoms. The van der Waals surface area contributed by atoms with Gasteiger partial charge in [-0.3, -0.25) is 20.2 Å². The smallest absolute Gasteiger partial charge is 0.278 e. The summed E-state index contributed by atoms with van der Waals surface area (Å²) in [6, 6.07) is 3.18. The number of aliphatic hydroxyl groups excluding tert-OH is 1. The minimum absolute atomic E-state index is 0.117. The molecule has 2 rings (SSSR count). The SMILES string of the molecule is O=[N+]([O-])c1cc(-n2cc(CCO)nn2)cc([N+](=O)[O-])c1. The van der Waals surface area contributed by atoms with Gasteiger partial charge in [-0.25, -0.2) is 4.68 Å². The van der Waals surface area contributed by atoms with Gasteiger partial charge in [0, 0.05) is 25.2 Å². The summed E-state index contributed by atoms with van der Waals surface area (Å²) in [6.07, 6.45) is 1.72. The lowest BCUT2D eigenvalue weighted by molar-refractivity contribution is -0.394. The largest absolute Gasteiger partial charge is 0.396 e. The van der Waals surface area contributed by atoms with Gasteiger partial charge in [0.05, 0.1) is 33.5 Å². The van der Waals surface area contributed by atoms with Crippen LogP contribution in [0.25, 0.3) is 5.69 Å². The molecular weight excluding hydrogens is 270 g/mol. The highest BCUT2D eigenvalue weighted by Crippen LogP contribution is 2.24. The molecule has 0 bridgehead atoms. The van der Waals surface area contributed by atoms with E-state index < -0.39 is 21.2 Å². The van der Waals surface area contributed by atoms with E-state index in [-0.39, 0.29) is 18.7 Å². The normalized spacial score (nSPS) is 10.4. The van der Waals surface area contributed by atoms with Gasteiger partial charge >= 0.3 is 0 Å². The van der Waals surface area contributed by atoms with Crippen LogP contribution >= 0.6 is 0 Å². The lowest BCUT2D eigenvalue weighted by Gasteiger charge is -2.00. The molecule has 2 aromatic rings. The Morgan fingerprint density at radius 3 is 2.25 bits per heavy atom. The first kappa shape index (κ1) is 13.5. The Balaban J connectivity index is 2.48. The zero-order chi connectivity index (χ0) is 14.7. The van der Waals surface area contributed by atoms with E-state index in [4.69, 9.17) is 5.11 Å². The molecule has 0 aliphatic rings. The molecule has 0 unspecified atom stereocenters. The number of hydrogen-bond donors (Lipinski definition) is 1. The van der Waals surface area contributed by atoms with Crippen molar-refractivity contribution in [3.63, 3.8) is 0 Å². The summed E-state index contributed by atoms with van der Waals surface area (Å²) in [5, 5.41) is 37.8. The van der Waals surface area contributed by atoms with E-state index in [1.807, 2.05) is 0 Å². The third kappa shape index (κ3) is 2.75. The molecule has 0 radical (unpaired) electrons. The maximum Gasteiger partial charge on any atom is 0.278 e. The first-order chi connectivity index (χ1) is 9.51. The topological polar surface area (TPSA) is 137 Å². The third-order valence-electron chi connectivity index (χ3n) is 2.48. The van der Waals surface area contributed by atoms with Crippen molar-refractivity contribution in [2.24, 2.45) is 0 Å². The van der Waals surface area contributed by atoms with Crippen LogP contribution in [0, 0.1) is 20.2 Å². The average Bonchev–Trinajstić information content (AvgIpc) is 2.87. The van der Waals surface area contributed by atoms with E-state index >= 15 is 0 Å². The number of benzene rings is 1. The van der Waals surface area contributed by atoms with Crippen LogP contribution in [0.4, 0.5) is 11.4 Å². The minimum atomic E-state index is -0.720. The van der Waals surface area contributed by atoms with Gasteiger partial charge in [-0.1, -0.05) is 5.21 Å². The number of aromatic nitrogens is 3. The number of non-ortho nitro benzene ring substituents is 2. The van der Waals surface area contributed by atoms with Crippen molar-refractivity contribution >= 4 is 11.4 Å². The third-order valence-corrected chi connectivity index (χ3v) is 2.48. The molecule has 1 aromatic heterocycles. The fraction of sp³-hybridized carbons (Fsp3) is 0.200. The Hall–Kier alpha value is -2.88. The van der Waals surface area contributed by atoms with E-state index in [1.54, 1.807) is 0 Å². The van der Waals surface area contributed by atoms with Crippen molar-refractivity contribution in [3.05, 3.63) is 50.3 Å². The quantitative estimate of drug-likeness (QED) is 0.625. The average molecular weight is 279 g/mol. The molecule has 0 atom stereocenters. The first-order valence-corrected chi connectivity index (χ1v) is 5.47. The maximum absolute atomic E-state index is 10.8. The Morgan fingerprint density at radius 2 is 1.75 bits per heavy atom. The predicted molar refractivity (Wildman–Crippen MR) is 65.5 cm³/mol. The number of nitro groups is 2. The van der Waals surface area contributed by atoms with Crippen molar-refractivity contribution in [1.82, 2.24) is 15.0 Å². The summed E-state index contributed by atoms with van der Waals surface area (Å²) < 4.78 is 1.19. The molecule has 1 heterocycles. The molecule has 104 valence electrons. The van der Waals surface area contributed by atoms with Crippen LogP contribution in [0.2, 0.25) is 0 Å². The number of aliphatic hydroxyl groups is 1. The summed E-state index contributed by atoms with van der Waals surface area (Å²) in [6.45, 7) is -0.117. The van der Waals surface area contributed by atoms with Gasteiger partial charge in [-0.05, 0) is 0 Å². The molecule has 1 N–H and O–H groups in total. The van der Waals surface area contributed by atoms with Crippen molar-refractivity contribution in [3.8, 4) is 5.69 Å². The molecule has 0 saturated carbocycles. The Kier molecular flexibility index (Phi) is 3.66. The maximum atomic E-state index is 10.8. The fourth-order valence-corrected chi connectivity index (χ4v) is 1.58. The number of nitro benzene ring substituents is 2. The van der Waals surface area contributed by atoms with E-state index in [1.165, 1.54) is 10.9 Å². The van der Waals surface area contributed by atoms with E-state index in [0.29, 0.717) is 5.69 Å². The van der Waals surface area contributed by atoms with Crippen molar-refractivity contribution in [1.29, 1.82) is 0 Å². The molecule has 0 saturated heterocycles. The van der Waals surface area contributed by atoms with Crippen LogP contribution < -0.4 is 0 Å². The predicted octanol–water partition coefficient (Wildman–Crippen LogP) is 0.618. The zero-order valence-electron chi connectivity index (χ0n) is 10.0. The van der Waals surface area contributed by atoms with Crippen molar-refractivity contribution in [2.75, 3.05) is 6.61 Å². The summed E-state index contributed by atoms with van der Waals surface area (Å²) in [5.74, 6) is 0. The number of hydrogen-bond acceptors (Lipinski definition) is 7. The van der Waals surface area contributed by atoms with Gasteiger partial charge in [-0.2, -0.15) is 0 Å². The van der Waals surface area contributed by atoms with E-state index in [2.05, 4.69) is 10.3 Å². The fourth-order valence-electron chi connectivity index (χ4n) is 1.58. The zero-order valence-corrected chi connectivity index (χ0v) is 10.0. The van der Waals surface area contributed by atoms with Crippen molar-refractivity contribution < 1.29 is 15.0 Å². The molecule has 0 fully saturated rings. The van der Waals surface area contributed by atoms with Gasteiger partial charge < -0.3 is 5.11 Å². The minimum Gasteiger partial charge on any atom is -0.396 e. The van der Waals surface area contributed by atoms with Crippen LogP contribution in [0.1, 0.15) is 5.69 Å². The molecule has 0 aliphatic carbocycles. The number of nitrogens with zero attached hydrogens (tertiary/aromatic N) is 5. The summed E-state index contributed by atoms with van der Waals surface area (Å²) >= 11 is 0. The first-order valence-electron chi connectivity index (χ1n) is 5.47. The van der Waals surface area contributed by atoms with E-state index in [9.17, 15) is 20.2 Å². The highest BCUT2D eigenvalue weighted by Gasteiger charge is 2.18. The Labute approximate surface area is 111 Å². The molecule has 10 nitrogen and oxygen atoms in total. The highest BCUT2D eigenvalue weighted by atomic mass is 16.6. The van der Waals surface area contributed by atoms with Crippen LogP contribution in [0.15, 0.2) is 24.4 Å². The van der Waals surface area contributed by atoms with Gasteiger partial charge in [0.1, 0.15) is 0 Å². The molecular formula is C10H9N5O5. The lowest BCUT2D eigenvalue weighted by Crippen LogP contribution is -1.99. The number of rotatable bonds is 5. The summed E-state index contributed by atoms with van der Waals surface area (Å²) in [4.78, 5) is 20.1. The molecule has 1 aromatic carbocycles. The highest BCUT2D eigenvalue weighted by molar-refractivity contribution is 5.52. The lowest BCUT2D eigenvalue weighted by atomic mass is 10.2.